The summed E-state index contributed by atoms with van der Waals surface area (Å²) in [5, 5.41) is 0. The lowest BCUT2D eigenvalue weighted by Crippen LogP contribution is -2.31. The first-order valence-corrected chi connectivity index (χ1v) is 4.34. The molecule has 1 amide bonds. The monoisotopic (exact) mass is 170 g/mol. The lowest BCUT2D eigenvalue weighted by molar-refractivity contribution is -0.126. The molecule has 0 heterocycles. The third-order valence-corrected chi connectivity index (χ3v) is 1.80. The minimum Gasteiger partial charge on any atom is -0.340 e. The molecule has 0 rings (SSSR count). The Bertz CT molecular complexity index is 162. The van der Waals surface area contributed by atoms with Crippen LogP contribution in [0.15, 0.2) is 12.2 Å². The molecular weight excluding hydrogens is 152 g/mol. The number of nitrogens with zero attached hydrogens (tertiary/aromatic N) is 1. The summed E-state index contributed by atoms with van der Waals surface area (Å²) < 4.78 is 0. The number of likely N-dealkylation sites (N-methyl/N-ethyl adjacent to an activating group) is 1. The van der Waals surface area contributed by atoms with Gasteiger partial charge in [-0.25, -0.2) is 0 Å². The maximum absolute atomic E-state index is 11.5. The molecule has 0 aromatic carbocycles. The van der Waals surface area contributed by atoms with Crippen molar-refractivity contribution in [2.24, 2.45) is 5.73 Å². The average Bonchev–Trinajstić information content (AvgIpc) is 2.07. The SMILES string of the molecule is C=C(CCN)C(=O)N(CC)CC. The van der Waals surface area contributed by atoms with Gasteiger partial charge in [0.15, 0.2) is 0 Å². The van der Waals surface area contributed by atoms with E-state index in [0.717, 1.165) is 13.1 Å². The van der Waals surface area contributed by atoms with Gasteiger partial charge in [0.25, 0.3) is 0 Å². The topological polar surface area (TPSA) is 46.3 Å². The fourth-order valence-corrected chi connectivity index (χ4v) is 1.02. The first-order valence-electron chi connectivity index (χ1n) is 4.34. The second-order valence-corrected chi connectivity index (χ2v) is 2.62. The fourth-order valence-electron chi connectivity index (χ4n) is 1.02. The zero-order valence-corrected chi connectivity index (χ0v) is 7.97. The van der Waals surface area contributed by atoms with Gasteiger partial charge < -0.3 is 10.6 Å². The third kappa shape index (κ3) is 3.05. The Labute approximate surface area is 74.2 Å². The number of carbonyl (C=O) groups excluding carboxylic acids is 1. The van der Waals surface area contributed by atoms with Crippen molar-refractivity contribution in [3.05, 3.63) is 12.2 Å². The normalized spacial score (nSPS) is 9.58. The molecule has 3 nitrogen and oxygen atoms in total. The van der Waals surface area contributed by atoms with Crippen LogP contribution in [0.4, 0.5) is 0 Å². The van der Waals surface area contributed by atoms with Crippen LogP contribution in [0.3, 0.4) is 0 Å². The van der Waals surface area contributed by atoms with Crippen molar-refractivity contribution >= 4 is 5.91 Å². The maximum Gasteiger partial charge on any atom is 0.249 e. The van der Waals surface area contributed by atoms with Gasteiger partial charge in [-0.3, -0.25) is 4.79 Å². The van der Waals surface area contributed by atoms with Crippen molar-refractivity contribution in [1.29, 1.82) is 0 Å². The first-order chi connectivity index (χ1) is 5.67. The number of rotatable bonds is 5. The van der Waals surface area contributed by atoms with Crippen LogP contribution in [0.2, 0.25) is 0 Å². The Morgan fingerprint density at radius 1 is 1.42 bits per heavy atom. The van der Waals surface area contributed by atoms with E-state index in [9.17, 15) is 4.79 Å². The predicted molar refractivity (Wildman–Crippen MR) is 50.7 cm³/mol. The van der Waals surface area contributed by atoms with Crippen molar-refractivity contribution in [3.63, 3.8) is 0 Å². The van der Waals surface area contributed by atoms with E-state index in [1.165, 1.54) is 0 Å². The highest BCUT2D eigenvalue weighted by Crippen LogP contribution is 2.02. The molecule has 0 spiro atoms. The van der Waals surface area contributed by atoms with Crippen molar-refractivity contribution < 1.29 is 4.79 Å². The first kappa shape index (κ1) is 11.2. The van der Waals surface area contributed by atoms with Gasteiger partial charge in [-0.1, -0.05) is 6.58 Å². The predicted octanol–water partition coefficient (Wildman–Crippen LogP) is 0.760. The molecule has 12 heavy (non-hydrogen) atoms. The number of nitrogens with two attached hydrogens (primary N) is 1. The minimum absolute atomic E-state index is 0.0328. The molecule has 0 saturated carbocycles. The quantitative estimate of drug-likeness (QED) is 0.619. The molecule has 0 saturated heterocycles. The van der Waals surface area contributed by atoms with E-state index in [4.69, 9.17) is 5.73 Å². The van der Waals surface area contributed by atoms with Crippen LogP contribution in [0, 0.1) is 0 Å². The molecule has 3 heteroatoms. The molecule has 0 bridgehead atoms. The molecular formula is C9H18N2O. The van der Waals surface area contributed by atoms with Gasteiger partial charge in [-0.15, -0.1) is 0 Å². The highest BCUT2D eigenvalue weighted by Gasteiger charge is 2.11. The molecule has 0 aliphatic rings. The zero-order valence-electron chi connectivity index (χ0n) is 7.97. The Morgan fingerprint density at radius 2 is 1.92 bits per heavy atom. The summed E-state index contributed by atoms with van der Waals surface area (Å²) in [6.45, 7) is 9.56. The van der Waals surface area contributed by atoms with Crippen molar-refractivity contribution in [2.45, 2.75) is 20.3 Å². The van der Waals surface area contributed by atoms with Crippen LogP contribution >= 0.6 is 0 Å². The second-order valence-electron chi connectivity index (χ2n) is 2.62. The standard InChI is InChI=1S/C9H18N2O/c1-4-11(5-2)9(12)8(3)6-7-10/h3-7,10H2,1-2H3. The summed E-state index contributed by atoms with van der Waals surface area (Å²) in [5.74, 6) is 0.0328. The molecule has 0 aliphatic carbocycles. The van der Waals surface area contributed by atoms with E-state index in [2.05, 4.69) is 6.58 Å². The molecule has 0 aromatic heterocycles. The lowest BCUT2D eigenvalue weighted by Gasteiger charge is -2.19. The fraction of sp³-hybridized carbons (Fsp3) is 0.667. The highest BCUT2D eigenvalue weighted by molar-refractivity contribution is 5.92. The van der Waals surface area contributed by atoms with Crippen molar-refractivity contribution in [3.8, 4) is 0 Å². The van der Waals surface area contributed by atoms with Gasteiger partial charge >= 0.3 is 0 Å². The van der Waals surface area contributed by atoms with Crippen LogP contribution < -0.4 is 5.73 Å². The van der Waals surface area contributed by atoms with E-state index in [1.807, 2.05) is 13.8 Å². The van der Waals surface area contributed by atoms with Gasteiger partial charge in [0.2, 0.25) is 5.91 Å². The lowest BCUT2D eigenvalue weighted by atomic mass is 10.2. The maximum atomic E-state index is 11.5. The average molecular weight is 170 g/mol. The summed E-state index contributed by atoms with van der Waals surface area (Å²) in [4.78, 5) is 13.2. The van der Waals surface area contributed by atoms with Gasteiger partial charge in [0.05, 0.1) is 0 Å². The second kappa shape index (κ2) is 5.77. The molecule has 0 radical (unpaired) electrons. The molecule has 0 unspecified atom stereocenters. The summed E-state index contributed by atoms with van der Waals surface area (Å²) in [7, 11) is 0. The van der Waals surface area contributed by atoms with E-state index in [-0.39, 0.29) is 5.91 Å². The molecule has 0 aromatic rings. The van der Waals surface area contributed by atoms with Gasteiger partial charge in [-0.05, 0) is 26.8 Å². The van der Waals surface area contributed by atoms with Gasteiger partial charge in [0, 0.05) is 18.7 Å². The van der Waals surface area contributed by atoms with Crippen molar-refractivity contribution in [2.75, 3.05) is 19.6 Å². The van der Waals surface area contributed by atoms with Crippen LogP contribution in [0.5, 0.6) is 0 Å². The van der Waals surface area contributed by atoms with Crippen LogP contribution in [-0.2, 0) is 4.79 Å². The summed E-state index contributed by atoms with van der Waals surface area (Å²) in [5.41, 5.74) is 5.93. The number of hydrogen-bond acceptors (Lipinski definition) is 2. The molecule has 0 aliphatic heterocycles. The molecule has 0 fully saturated rings. The summed E-state index contributed by atoms with van der Waals surface area (Å²) >= 11 is 0. The summed E-state index contributed by atoms with van der Waals surface area (Å²) in [6, 6.07) is 0. The van der Waals surface area contributed by atoms with Gasteiger partial charge in [-0.2, -0.15) is 0 Å². The Kier molecular flexibility index (Phi) is 5.37. The molecule has 70 valence electrons. The Morgan fingerprint density at radius 3 is 2.25 bits per heavy atom. The largest absolute Gasteiger partial charge is 0.340 e. The smallest absolute Gasteiger partial charge is 0.249 e. The Balaban J connectivity index is 4.07. The third-order valence-electron chi connectivity index (χ3n) is 1.80. The number of carbonyl (C=O) groups is 1. The van der Waals surface area contributed by atoms with E-state index < -0.39 is 0 Å². The minimum atomic E-state index is 0.0328. The van der Waals surface area contributed by atoms with Crippen LogP contribution in [-0.4, -0.2) is 30.4 Å². The number of amides is 1. The summed E-state index contributed by atoms with van der Waals surface area (Å²) in [6.07, 6.45) is 0.593. The zero-order chi connectivity index (χ0) is 9.56. The molecule has 0 atom stereocenters. The van der Waals surface area contributed by atoms with E-state index >= 15 is 0 Å². The van der Waals surface area contributed by atoms with Gasteiger partial charge in [0.1, 0.15) is 0 Å². The van der Waals surface area contributed by atoms with E-state index in [0.29, 0.717) is 18.5 Å². The van der Waals surface area contributed by atoms with E-state index in [1.54, 1.807) is 4.90 Å². The molecule has 2 N–H and O–H groups in total. The van der Waals surface area contributed by atoms with Crippen LogP contribution in [0.1, 0.15) is 20.3 Å². The Hall–Kier alpha value is -0.830. The van der Waals surface area contributed by atoms with Crippen LogP contribution in [0.25, 0.3) is 0 Å². The highest BCUT2D eigenvalue weighted by atomic mass is 16.2. The van der Waals surface area contributed by atoms with Crippen molar-refractivity contribution in [1.82, 2.24) is 4.90 Å². The number of hydrogen-bond donors (Lipinski definition) is 1.